The monoisotopic (exact) mass is 303 g/mol. The molecule has 22 heavy (non-hydrogen) atoms. The van der Waals surface area contributed by atoms with Crippen LogP contribution in [0.1, 0.15) is 10.4 Å². The number of anilines is 1. The fourth-order valence-corrected chi connectivity index (χ4v) is 1.64. The molecule has 114 valence electrons. The van der Waals surface area contributed by atoms with E-state index >= 15 is 0 Å². The number of halogens is 1. The van der Waals surface area contributed by atoms with E-state index in [1.165, 1.54) is 31.4 Å². The maximum atomic E-state index is 12.8. The molecule has 0 unspecified atom stereocenters. The third kappa shape index (κ3) is 4.31. The molecule has 0 saturated heterocycles. The summed E-state index contributed by atoms with van der Waals surface area (Å²) in [6, 6.07) is 11.7. The molecule has 0 aromatic heterocycles. The molecule has 2 aromatic rings. The second-order valence-electron chi connectivity index (χ2n) is 4.35. The lowest BCUT2D eigenvalue weighted by molar-refractivity contribution is -0.142. The first kappa shape index (κ1) is 15.5. The quantitative estimate of drug-likeness (QED) is 0.862. The number of hydrogen-bond donors (Lipinski definition) is 1. The number of carbonyl (C=O) groups is 2. The molecule has 0 aliphatic rings. The Bertz CT molecular complexity index is 653. The minimum atomic E-state index is -0.478. The highest BCUT2D eigenvalue weighted by Gasteiger charge is 2.07. The Morgan fingerprint density at radius 3 is 2.27 bits per heavy atom. The van der Waals surface area contributed by atoms with Crippen molar-refractivity contribution in [3.8, 4) is 5.75 Å². The van der Waals surface area contributed by atoms with Crippen molar-refractivity contribution in [3.05, 3.63) is 59.9 Å². The number of benzene rings is 2. The predicted octanol–water partition coefficient (Wildman–Crippen LogP) is 2.63. The molecule has 0 aliphatic heterocycles. The second kappa shape index (κ2) is 7.21. The van der Waals surface area contributed by atoms with Crippen molar-refractivity contribution in [1.82, 2.24) is 0 Å². The third-order valence-corrected chi connectivity index (χ3v) is 2.80. The van der Waals surface area contributed by atoms with E-state index in [0.717, 1.165) is 0 Å². The summed E-state index contributed by atoms with van der Waals surface area (Å²) in [6.07, 6.45) is 0. The lowest BCUT2D eigenvalue weighted by Gasteiger charge is -2.07. The van der Waals surface area contributed by atoms with E-state index in [4.69, 9.17) is 4.74 Å². The largest absolute Gasteiger partial charge is 0.482 e. The number of esters is 1. The Labute approximate surface area is 126 Å². The number of nitrogens with one attached hydrogen (secondary N) is 1. The zero-order chi connectivity index (χ0) is 15.9. The van der Waals surface area contributed by atoms with Gasteiger partial charge in [0.25, 0.3) is 5.91 Å². The molecule has 2 rings (SSSR count). The van der Waals surface area contributed by atoms with Gasteiger partial charge in [0.15, 0.2) is 6.61 Å². The number of carbonyl (C=O) groups excluding carboxylic acids is 2. The molecule has 0 atom stereocenters. The molecule has 0 bridgehead atoms. The highest BCUT2D eigenvalue weighted by molar-refractivity contribution is 6.04. The van der Waals surface area contributed by atoms with Gasteiger partial charge in [-0.2, -0.15) is 0 Å². The summed E-state index contributed by atoms with van der Waals surface area (Å²) < 4.78 is 22.4. The van der Waals surface area contributed by atoms with Crippen LogP contribution < -0.4 is 10.1 Å². The lowest BCUT2D eigenvalue weighted by atomic mass is 10.2. The van der Waals surface area contributed by atoms with Crippen LogP contribution in [0.2, 0.25) is 0 Å². The van der Waals surface area contributed by atoms with Crippen LogP contribution in [-0.2, 0) is 9.53 Å². The Hall–Kier alpha value is -2.89. The van der Waals surface area contributed by atoms with Gasteiger partial charge >= 0.3 is 5.97 Å². The molecule has 1 N–H and O–H groups in total. The molecule has 0 aliphatic carbocycles. The summed E-state index contributed by atoms with van der Waals surface area (Å²) in [5.41, 5.74) is 0.909. The van der Waals surface area contributed by atoms with Crippen molar-refractivity contribution in [3.63, 3.8) is 0 Å². The number of methoxy groups -OCH3 is 1. The summed E-state index contributed by atoms with van der Waals surface area (Å²) in [5, 5.41) is 2.67. The molecule has 0 fully saturated rings. The van der Waals surface area contributed by atoms with Crippen molar-refractivity contribution in [2.45, 2.75) is 0 Å². The highest BCUT2D eigenvalue weighted by Crippen LogP contribution is 2.16. The van der Waals surface area contributed by atoms with E-state index < -0.39 is 11.8 Å². The van der Waals surface area contributed by atoms with E-state index in [0.29, 0.717) is 17.0 Å². The second-order valence-corrected chi connectivity index (χ2v) is 4.35. The molecule has 0 spiro atoms. The molecule has 5 nitrogen and oxygen atoms in total. The van der Waals surface area contributed by atoms with Gasteiger partial charge in [0, 0.05) is 11.3 Å². The number of rotatable bonds is 5. The maximum absolute atomic E-state index is 12.8. The highest BCUT2D eigenvalue weighted by atomic mass is 19.1. The fraction of sp³-hybridized carbons (Fsp3) is 0.125. The van der Waals surface area contributed by atoms with Gasteiger partial charge in [-0.1, -0.05) is 0 Å². The van der Waals surface area contributed by atoms with E-state index in [1.54, 1.807) is 24.3 Å². The van der Waals surface area contributed by atoms with E-state index in [-0.39, 0.29) is 12.5 Å². The van der Waals surface area contributed by atoms with Crippen molar-refractivity contribution >= 4 is 17.6 Å². The van der Waals surface area contributed by atoms with Crippen LogP contribution in [-0.4, -0.2) is 25.6 Å². The Kier molecular flexibility index (Phi) is 5.08. The molecule has 1 amide bonds. The van der Waals surface area contributed by atoms with Crippen molar-refractivity contribution < 1.29 is 23.5 Å². The lowest BCUT2D eigenvalue weighted by Crippen LogP contribution is -2.13. The molecular weight excluding hydrogens is 289 g/mol. The van der Waals surface area contributed by atoms with Crippen LogP contribution in [0.3, 0.4) is 0 Å². The van der Waals surface area contributed by atoms with Crippen molar-refractivity contribution in [2.24, 2.45) is 0 Å². The average molecular weight is 303 g/mol. The number of amides is 1. The normalized spacial score (nSPS) is 9.91. The van der Waals surface area contributed by atoms with Gasteiger partial charge < -0.3 is 14.8 Å². The third-order valence-electron chi connectivity index (χ3n) is 2.80. The van der Waals surface area contributed by atoms with Crippen LogP contribution in [0.15, 0.2) is 48.5 Å². The smallest absolute Gasteiger partial charge is 0.343 e. The number of ether oxygens (including phenoxy) is 2. The molecule has 0 radical (unpaired) electrons. The first-order valence-electron chi connectivity index (χ1n) is 6.45. The Morgan fingerprint density at radius 1 is 1.05 bits per heavy atom. The average Bonchev–Trinajstić information content (AvgIpc) is 2.54. The van der Waals surface area contributed by atoms with E-state index in [2.05, 4.69) is 10.1 Å². The summed E-state index contributed by atoms with van der Waals surface area (Å²) in [4.78, 5) is 22.9. The van der Waals surface area contributed by atoms with Crippen LogP contribution in [0.5, 0.6) is 5.75 Å². The maximum Gasteiger partial charge on any atom is 0.343 e. The molecule has 0 saturated carbocycles. The topological polar surface area (TPSA) is 64.6 Å². The summed E-state index contributed by atoms with van der Waals surface area (Å²) in [5.74, 6) is -0.745. The fourth-order valence-electron chi connectivity index (χ4n) is 1.64. The SMILES string of the molecule is COC(=O)COc1ccc(NC(=O)c2ccc(F)cc2)cc1. The van der Waals surface area contributed by atoms with Gasteiger partial charge in [-0.05, 0) is 48.5 Å². The van der Waals surface area contributed by atoms with Gasteiger partial charge in [-0.3, -0.25) is 4.79 Å². The molecule has 0 heterocycles. The van der Waals surface area contributed by atoms with Crippen LogP contribution in [0, 0.1) is 5.82 Å². The minimum absolute atomic E-state index is 0.183. The Balaban J connectivity index is 1.94. The molecule has 2 aromatic carbocycles. The summed E-state index contributed by atoms with van der Waals surface area (Å²) >= 11 is 0. The molecule has 6 heteroatoms. The number of hydrogen-bond acceptors (Lipinski definition) is 4. The van der Waals surface area contributed by atoms with Crippen LogP contribution in [0.4, 0.5) is 10.1 Å². The zero-order valence-electron chi connectivity index (χ0n) is 11.8. The minimum Gasteiger partial charge on any atom is -0.482 e. The zero-order valence-corrected chi connectivity index (χ0v) is 11.8. The summed E-state index contributed by atoms with van der Waals surface area (Å²) in [7, 11) is 1.28. The van der Waals surface area contributed by atoms with Crippen LogP contribution in [0.25, 0.3) is 0 Å². The molecular formula is C16H14FNO4. The van der Waals surface area contributed by atoms with Gasteiger partial charge in [-0.25, -0.2) is 9.18 Å². The van der Waals surface area contributed by atoms with E-state index in [1.807, 2.05) is 0 Å². The Morgan fingerprint density at radius 2 is 1.68 bits per heavy atom. The van der Waals surface area contributed by atoms with E-state index in [9.17, 15) is 14.0 Å². The summed E-state index contributed by atoms with van der Waals surface area (Å²) in [6.45, 7) is -0.183. The van der Waals surface area contributed by atoms with Gasteiger partial charge in [0.2, 0.25) is 0 Å². The van der Waals surface area contributed by atoms with Crippen molar-refractivity contribution in [2.75, 3.05) is 19.0 Å². The van der Waals surface area contributed by atoms with Crippen molar-refractivity contribution in [1.29, 1.82) is 0 Å². The first-order valence-corrected chi connectivity index (χ1v) is 6.45. The first-order chi connectivity index (χ1) is 10.6. The predicted molar refractivity (Wildman–Crippen MR) is 78.3 cm³/mol. The van der Waals surface area contributed by atoms with Crippen LogP contribution >= 0.6 is 0 Å². The van der Waals surface area contributed by atoms with Gasteiger partial charge in [0.05, 0.1) is 7.11 Å². The standard InChI is InChI=1S/C16H14FNO4/c1-21-15(19)10-22-14-8-6-13(7-9-14)18-16(20)11-2-4-12(17)5-3-11/h2-9H,10H2,1H3,(H,18,20). The van der Waals surface area contributed by atoms with Gasteiger partial charge in [0.1, 0.15) is 11.6 Å². The van der Waals surface area contributed by atoms with Gasteiger partial charge in [-0.15, -0.1) is 0 Å².